The SMILES string of the molecule is CC(C)NCC1C(O)CCN1Cc1ccccc1. The zero-order valence-electron chi connectivity index (χ0n) is 11.3. The average Bonchev–Trinajstić information content (AvgIpc) is 2.69. The zero-order chi connectivity index (χ0) is 13.0. The molecule has 2 atom stereocenters. The molecule has 3 heteroatoms. The molecule has 0 saturated carbocycles. The molecule has 0 amide bonds. The summed E-state index contributed by atoms with van der Waals surface area (Å²) in [5.74, 6) is 0. The van der Waals surface area contributed by atoms with Crippen molar-refractivity contribution in [2.75, 3.05) is 13.1 Å². The monoisotopic (exact) mass is 248 g/mol. The van der Waals surface area contributed by atoms with Crippen LogP contribution < -0.4 is 5.32 Å². The highest BCUT2D eigenvalue weighted by Gasteiger charge is 2.32. The second-order valence-electron chi connectivity index (χ2n) is 5.44. The van der Waals surface area contributed by atoms with E-state index in [-0.39, 0.29) is 12.1 Å². The summed E-state index contributed by atoms with van der Waals surface area (Å²) in [6.45, 7) is 7.07. The van der Waals surface area contributed by atoms with Crippen LogP contribution in [0.3, 0.4) is 0 Å². The van der Waals surface area contributed by atoms with Gasteiger partial charge in [0.15, 0.2) is 0 Å². The predicted molar refractivity (Wildman–Crippen MR) is 74.4 cm³/mol. The first-order valence-electron chi connectivity index (χ1n) is 6.86. The summed E-state index contributed by atoms with van der Waals surface area (Å²) in [5.41, 5.74) is 1.32. The van der Waals surface area contributed by atoms with Crippen molar-refractivity contribution in [1.29, 1.82) is 0 Å². The van der Waals surface area contributed by atoms with Crippen LogP contribution in [0.1, 0.15) is 25.8 Å². The molecule has 1 heterocycles. The fourth-order valence-corrected chi connectivity index (χ4v) is 2.54. The second kappa shape index (κ2) is 6.32. The van der Waals surface area contributed by atoms with E-state index in [4.69, 9.17) is 0 Å². The fraction of sp³-hybridized carbons (Fsp3) is 0.600. The molecule has 100 valence electrons. The van der Waals surface area contributed by atoms with Crippen molar-refractivity contribution in [2.24, 2.45) is 0 Å². The molecule has 2 unspecified atom stereocenters. The van der Waals surface area contributed by atoms with Crippen LogP contribution in [-0.4, -0.2) is 41.3 Å². The lowest BCUT2D eigenvalue weighted by Gasteiger charge is -2.27. The molecule has 18 heavy (non-hydrogen) atoms. The third kappa shape index (κ3) is 3.55. The van der Waals surface area contributed by atoms with E-state index in [2.05, 4.69) is 48.3 Å². The van der Waals surface area contributed by atoms with E-state index in [1.165, 1.54) is 5.56 Å². The van der Waals surface area contributed by atoms with Gasteiger partial charge in [-0.3, -0.25) is 4.90 Å². The molecule has 1 aliphatic heterocycles. The van der Waals surface area contributed by atoms with Crippen LogP contribution in [-0.2, 0) is 6.54 Å². The average molecular weight is 248 g/mol. The van der Waals surface area contributed by atoms with Gasteiger partial charge in [-0.25, -0.2) is 0 Å². The number of aliphatic hydroxyl groups excluding tert-OH is 1. The lowest BCUT2D eigenvalue weighted by atomic mass is 10.1. The van der Waals surface area contributed by atoms with E-state index in [0.29, 0.717) is 6.04 Å². The van der Waals surface area contributed by atoms with Crippen LogP contribution in [0, 0.1) is 0 Å². The number of nitrogens with one attached hydrogen (secondary N) is 1. The summed E-state index contributed by atoms with van der Waals surface area (Å²) in [6, 6.07) is 11.2. The zero-order valence-corrected chi connectivity index (χ0v) is 11.3. The smallest absolute Gasteiger partial charge is 0.0720 e. The molecule has 1 aliphatic rings. The minimum atomic E-state index is -0.194. The Labute approximate surface area is 110 Å². The Balaban J connectivity index is 1.94. The highest BCUT2D eigenvalue weighted by Crippen LogP contribution is 2.20. The highest BCUT2D eigenvalue weighted by atomic mass is 16.3. The Kier molecular flexibility index (Phi) is 4.75. The maximum absolute atomic E-state index is 10.1. The number of rotatable bonds is 5. The molecule has 0 bridgehead atoms. The van der Waals surface area contributed by atoms with Crippen LogP contribution >= 0.6 is 0 Å². The number of nitrogens with zero attached hydrogens (tertiary/aromatic N) is 1. The molecule has 2 N–H and O–H groups in total. The summed E-state index contributed by atoms with van der Waals surface area (Å²) < 4.78 is 0. The summed E-state index contributed by atoms with van der Waals surface area (Å²) in [5, 5.41) is 13.5. The number of aliphatic hydroxyl groups is 1. The Bertz CT molecular complexity index is 353. The lowest BCUT2D eigenvalue weighted by molar-refractivity contribution is 0.110. The molecule has 2 rings (SSSR count). The minimum Gasteiger partial charge on any atom is -0.391 e. The summed E-state index contributed by atoms with van der Waals surface area (Å²) >= 11 is 0. The fourth-order valence-electron chi connectivity index (χ4n) is 2.54. The van der Waals surface area contributed by atoms with Gasteiger partial charge in [-0.05, 0) is 12.0 Å². The van der Waals surface area contributed by atoms with Gasteiger partial charge in [-0.15, -0.1) is 0 Å². The van der Waals surface area contributed by atoms with Crippen molar-refractivity contribution >= 4 is 0 Å². The predicted octanol–water partition coefficient (Wildman–Crippen LogP) is 1.62. The first-order chi connectivity index (χ1) is 8.66. The summed E-state index contributed by atoms with van der Waals surface area (Å²) in [7, 11) is 0. The summed E-state index contributed by atoms with van der Waals surface area (Å²) in [6.07, 6.45) is 0.692. The Morgan fingerprint density at radius 2 is 2.06 bits per heavy atom. The molecule has 1 saturated heterocycles. The number of likely N-dealkylation sites (tertiary alicyclic amines) is 1. The molecule has 0 radical (unpaired) electrons. The third-order valence-electron chi connectivity index (χ3n) is 3.59. The van der Waals surface area contributed by atoms with Gasteiger partial charge < -0.3 is 10.4 Å². The maximum Gasteiger partial charge on any atom is 0.0720 e. The molecule has 0 spiro atoms. The van der Waals surface area contributed by atoms with Crippen molar-refractivity contribution in [1.82, 2.24) is 10.2 Å². The van der Waals surface area contributed by atoms with E-state index in [1.54, 1.807) is 0 Å². The standard InChI is InChI=1S/C15H24N2O/c1-12(2)16-10-14-15(18)8-9-17(14)11-13-6-4-3-5-7-13/h3-7,12,14-16,18H,8-11H2,1-2H3. The number of benzene rings is 1. The molecule has 3 nitrogen and oxygen atoms in total. The second-order valence-corrected chi connectivity index (χ2v) is 5.44. The van der Waals surface area contributed by atoms with Gasteiger partial charge in [-0.1, -0.05) is 44.2 Å². The molecular weight excluding hydrogens is 224 g/mol. The number of hydrogen-bond acceptors (Lipinski definition) is 3. The van der Waals surface area contributed by atoms with Crippen molar-refractivity contribution in [3.05, 3.63) is 35.9 Å². The number of hydrogen-bond donors (Lipinski definition) is 2. The minimum absolute atomic E-state index is 0.194. The first-order valence-corrected chi connectivity index (χ1v) is 6.86. The molecule has 0 aliphatic carbocycles. The van der Waals surface area contributed by atoms with Crippen LogP contribution in [0.2, 0.25) is 0 Å². The van der Waals surface area contributed by atoms with Gasteiger partial charge in [0.2, 0.25) is 0 Å². The van der Waals surface area contributed by atoms with Crippen molar-refractivity contribution in [3.8, 4) is 0 Å². The van der Waals surface area contributed by atoms with Gasteiger partial charge in [-0.2, -0.15) is 0 Å². The van der Waals surface area contributed by atoms with E-state index in [9.17, 15) is 5.11 Å². The normalized spacial score (nSPS) is 24.9. The van der Waals surface area contributed by atoms with E-state index in [0.717, 1.165) is 26.1 Å². The van der Waals surface area contributed by atoms with Gasteiger partial charge in [0.1, 0.15) is 0 Å². The van der Waals surface area contributed by atoms with Gasteiger partial charge in [0, 0.05) is 31.7 Å². The van der Waals surface area contributed by atoms with Gasteiger partial charge >= 0.3 is 0 Å². The highest BCUT2D eigenvalue weighted by molar-refractivity contribution is 5.15. The van der Waals surface area contributed by atoms with Crippen molar-refractivity contribution in [2.45, 2.75) is 45.0 Å². The van der Waals surface area contributed by atoms with Crippen LogP contribution in [0.25, 0.3) is 0 Å². The van der Waals surface area contributed by atoms with Gasteiger partial charge in [0.25, 0.3) is 0 Å². The van der Waals surface area contributed by atoms with Crippen molar-refractivity contribution < 1.29 is 5.11 Å². The molecule has 1 fully saturated rings. The van der Waals surface area contributed by atoms with Crippen LogP contribution in [0.5, 0.6) is 0 Å². The van der Waals surface area contributed by atoms with Crippen LogP contribution in [0.4, 0.5) is 0 Å². The topological polar surface area (TPSA) is 35.5 Å². The molecule has 1 aromatic rings. The van der Waals surface area contributed by atoms with E-state index in [1.807, 2.05) is 6.07 Å². The molecule has 1 aromatic carbocycles. The van der Waals surface area contributed by atoms with Crippen molar-refractivity contribution in [3.63, 3.8) is 0 Å². The Morgan fingerprint density at radius 3 is 2.72 bits per heavy atom. The Morgan fingerprint density at radius 1 is 1.33 bits per heavy atom. The molecule has 0 aromatic heterocycles. The maximum atomic E-state index is 10.1. The lowest BCUT2D eigenvalue weighted by Crippen LogP contribution is -2.44. The molecular formula is C15H24N2O. The summed E-state index contributed by atoms with van der Waals surface area (Å²) in [4.78, 5) is 2.38. The first kappa shape index (κ1) is 13.5. The quantitative estimate of drug-likeness (QED) is 0.831. The largest absolute Gasteiger partial charge is 0.391 e. The van der Waals surface area contributed by atoms with Gasteiger partial charge in [0.05, 0.1) is 6.10 Å². The van der Waals surface area contributed by atoms with E-state index >= 15 is 0 Å². The van der Waals surface area contributed by atoms with Crippen LogP contribution in [0.15, 0.2) is 30.3 Å². The van der Waals surface area contributed by atoms with E-state index < -0.39 is 0 Å². The third-order valence-corrected chi connectivity index (χ3v) is 3.59. The Hall–Kier alpha value is -0.900.